The van der Waals surface area contributed by atoms with Crippen LogP contribution in [0.3, 0.4) is 0 Å². The molecular formula is C20H17N3O2S2. The summed E-state index contributed by atoms with van der Waals surface area (Å²) in [4.78, 5) is 32.4. The highest BCUT2D eigenvalue weighted by Crippen LogP contribution is 2.56. The lowest BCUT2D eigenvalue weighted by atomic mass is 10.0. The predicted octanol–water partition coefficient (Wildman–Crippen LogP) is 4.28. The maximum atomic E-state index is 13.2. The van der Waals surface area contributed by atoms with Gasteiger partial charge in [0.05, 0.1) is 10.2 Å². The summed E-state index contributed by atoms with van der Waals surface area (Å²) in [6.45, 7) is 4.04. The molecule has 3 heterocycles. The summed E-state index contributed by atoms with van der Waals surface area (Å²) in [5.74, 6) is -0.256. The van der Waals surface area contributed by atoms with Crippen molar-refractivity contribution >= 4 is 50.3 Å². The van der Waals surface area contributed by atoms with Crippen LogP contribution in [0.25, 0.3) is 10.2 Å². The van der Waals surface area contributed by atoms with Gasteiger partial charge in [0.25, 0.3) is 5.91 Å². The Morgan fingerprint density at radius 2 is 1.89 bits per heavy atom. The lowest BCUT2D eigenvalue weighted by Crippen LogP contribution is -2.50. The highest BCUT2D eigenvalue weighted by Gasteiger charge is 2.57. The summed E-state index contributed by atoms with van der Waals surface area (Å²) in [7, 11) is 0. The molecular weight excluding hydrogens is 378 g/mol. The Morgan fingerprint density at radius 3 is 2.70 bits per heavy atom. The Labute approximate surface area is 164 Å². The molecule has 2 atom stereocenters. The van der Waals surface area contributed by atoms with Gasteiger partial charge in [0.2, 0.25) is 5.91 Å². The van der Waals surface area contributed by atoms with Gasteiger partial charge < -0.3 is 10.2 Å². The number of hydrogen-bond acceptors (Lipinski definition) is 5. The summed E-state index contributed by atoms with van der Waals surface area (Å²) in [6.07, 6.45) is 0. The summed E-state index contributed by atoms with van der Waals surface area (Å²) < 4.78 is 0.629. The smallest absolute Gasteiger partial charge is 0.256 e. The van der Waals surface area contributed by atoms with E-state index in [0.717, 1.165) is 15.8 Å². The molecule has 0 spiro atoms. The zero-order valence-corrected chi connectivity index (χ0v) is 16.4. The van der Waals surface area contributed by atoms with E-state index in [4.69, 9.17) is 0 Å². The molecule has 0 saturated carbocycles. The molecule has 0 bridgehead atoms. The maximum absolute atomic E-state index is 13.2. The Hall–Kier alpha value is -2.38. The minimum Gasteiger partial charge on any atom is -0.309 e. The van der Waals surface area contributed by atoms with Crippen molar-refractivity contribution in [2.24, 2.45) is 0 Å². The second-order valence-corrected chi connectivity index (χ2v) is 10.0. The number of thioether (sulfide) groups is 1. The van der Waals surface area contributed by atoms with Crippen molar-refractivity contribution in [1.29, 1.82) is 0 Å². The molecule has 0 unspecified atom stereocenters. The Bertz CT molecular complexity index is 1060. The summed E-state index contributed by atoms with van der Waals surface area (Å²) in [5.41, 5.74) is 2.56. The molecule has 1 aromatic heterocycles. The molecule has 7 heteroatoms. The number of carbonyl (C=O) groups excluding carboxylic acids is 2. The topological polar surface area (TPSA) is 62.3 Å². The van der Waals surface area contributed by atoms with Crippen LogP contribution in [0.4, 0.5) is 5.13 Å². The van der Waals surface area contributed by atoms with Gasteiger partial charge in [0.15, 0.2) is 5.13 Å². The van der Waals surface area contributed by atoms with Gasteiger partial charge >= 0.3 is 0 Å². The minimum absolute atomic E-state index is 0.0712. The molecule has 0 radical (unpaired) electrons. The number of rotatable bonds is 2. The van der Waals surface area contributed by atoms with Gasteiger partial charge in [-0.05, 0) is 37.6 Å². The first-order chi connectivity index (χ1) is 13.0. The maximum Gasteiger partial charge on any atom is 0.256 e. The molecule has 1 saturated heterocycles. The third-order valence-corrected chi connectivity index (χ3v) is 7.56. The fraction of sp³-hybridized carbons (Fsp3) is 0.250. The number of thiazole rings is 1. The van der Waals surface area contributed by atoms with E-state index in [9.17, 15) is 9.59 Å². The SMILES string of the molecule is CC1(C)S[C@H]2c3ccccc3C(=O)N2[C@H]1C(=O)Nc1nc2ccccc2s1. The van der Waals surface area contributed by atoms with E-state index in [1.54, 1.807) is 16.7 Å². The molecule has 2 aromatic carbocycles. The molecule has 5 rings (SSSR count). The number of nitrogens with zero attached hydrogens (tertiary/aromatic N) is 2. The van der Waals surface area contributed by atoms with Gasteiger partial charge in [0.1, 0.15) is 11.4 Å². The van der Waals surface area contributed by atoms with Crippen LogP contribution in [0.2, 0.25) is 0 Å². The molecule has 27 heavy (non-hydrogen) atoms. The summed E-state index contributed by atoms with van der Waals surface area (Å²) in [5, 5.41) is 3.40. The number of aromatic nitrogens is 1. The first-order valence-electron chi connectivity index (χ1n) is 8.71. The van der Waals surface area contributed by atoms with E-state index in [0.29, 0.717) is 10.7 Å². The quantitative estimate of drug-likeness (QED) is 0.703. The number of benzene rings is 2. The molecule has 0 aliphatic carbocycles. The second kappa shape index (κ2) is 5.81. The third kappa shape index (κ3) is 2.49. The molecule has 136 valence electrons. The van der Waals surface area contributed by atoms with E-state index >= 15 is 0 Å². The van der Waals surface area contributed by atoms with E-state index < -0.39 is 10.8 Å². The summed E-state index contributed by atoms with van der Waals surface area (Å²) in [6, 6.07) is 14.9. The highest BCUT2D eigenvalue weighted by atomic mass is 32.2. The van der Waals surface area contributed by atoms with Gasteiger partial charge in [-0.3, -0.25) is 9.59 Å². The van der Waals surface area contributed by atoms with Crippen LogP contribution in [-0.4, -0.2) is 32.5 Å². The Balaban J connectivity index is 1.48. The number of amides is 2. The fourth-order valence-corrected chi connectivity index (χ4v) is 6.36. The first-order valence-corrected chi connectivity index (χ1v) is 10.4. The average molecular weight is 396 g/mol. The van der Waals surface area contributed by atoms with Crippen molar-refractivity contribution in [1.82, 2.24) is 9.88 Å². The molecule has 2 aliphatic rings. The largest absolute Gasteiger partial charge is 0.309 e. The Kier molecular flexibility index (Phi) is 3.61. The van der Waals surface area contributed by atoms with Gasteiger partial charge in [-0.2, -0.15) is 0 Å². The molecule has 2 aliphatic heterocycles. The van der Waals surface area contributed by atoms with E-state index in [2.05, 4.69) is 10.3 Å². The zero-order valence-electron chi connectivity index (χ0n) is 14.8. The van der Waals surface area contributed by atoms with Gasteiger partial charge in [-0.1, -0.05) is 41.7 Å². The fourth-order valence-electron chi connectivity index (χ4n) is 3.90. The second-order valence-electron chi connectivity index (χ2n) is 7.25. The van der Waals surface area contributed by atoms with E-state index in [1.165, 1.54) is 11.3 Å². The highest BCUT2D eigenvalue weighted by molar-refractivity contribution is 8.01. The van der Waals surface area contributed by atoms with Crippen molar-refractivity contribution < 1.29 is 9.59 Å². The zero-order chi connectivity index (χ0) is 18.8. The Morgan fingerprint density at radius 1 is 1.15 bits per heavy atom. The van der Waals surface area contributed by atoms with Crippen molar-refractivity contribution in [3.63, 3.8) is 0 Å². The van der Waals surface area contributed by atoms with Crippen molar-refractivity contribution in [3.8, 4) is 0 Å². The number of anilines is 1. The van der Waals surface area contributed by atoms with Gasteiger partial charge in [-0.25, -0.2) is 4.98 Å². The van der Waals surface area contributed by atoms with Crippen LogP contribution in [0.1, 0.15) is 35.1 Å². The molecule has 3 aromatic rings. The normalized spacial score (nSPS) is 22.7. The predicted molar refractivity (Wildman–Crippen MR) is 109 cm³/mol. The van der Waals surface area contributed by atoms with Gasteiger partial charge in [0, 0.05) is 10.3 Å². The average Bonchev–Trinajstić information content (AvgIpc) is 3.25. The van der Waals surface area contributed by atoms with Gasteiger partial charge in [-0.15, -0.1) is 11.8 Å². The van der Waals surface area contributed by atoms with E-state index in [-0.39, 0.29) is 17.2 Å². The lowest BCUT2D eigenvalue weighted by Gasteiger charge is -2.29. The van der Waals surface area contributed by atoms with E-state index in [1.807, 2.05) is 62.4 Å². The van der Waals surface area contributed by atoms with Crippen molar-refractivity contribution in [2.75, 3.05) is 5.32 Å². The number of carbonyl (C=O) groups is 2. The molecule has 1 N–H and O–H groups in total. The van der Waals surface area contributed by atoms with Crippen LogP contribution in [-0.2, 0) is 4.79 Å². The summed E-state index contributed by atoms with van der Waals surface area (Å²) >= 11 is 3.11. The number of para-hydroxylation sites is 1. The van der Waals surface area contributed by atoms with Crippen LogP contribution in [0.5, 0.6) is 0 Å². The molecule has 2 amide bonds. The lowest BCUT2D eigenvalue weighted by molar-refractivity contribution is -0.121. The van der Waals surface area contributed by atoms with Crippen molar-refractivity contribution in [2.45, 2.75) is 30.0 Å². The number of hydrogen-bond donors (Lipinski definition) is 1. The van der Waals surface area contributed by atoms with Crippen LogP contribution in [0.15, 0.2) is 48.5 Å². The van der Waals surface area contributed by atoms with Crippen LogP contribution in [0, 0.1) is 0 Å². The van der Waals surface area contributed by atoms with Crippen LogP contribution >= 0.6 is 23.1 Å². The standard InChI is InChI=1S/C20H17N3O2S2/c1-20(2)15(16(24)22-19-21-13-9-5-6-10-14(13)26-19)23-17(25)11-7-3-4-8-12(11)18(23)27-20/h3-10,15,18H,1-2H3,(H,21,22,24)/t15-,18-/m0/s1. The minimum atomic E-state index is -0.556. The third-order valence-electron chi connectivity index (χ3n) is 5.07. The first kappa shape index (κ1) is 16.8. The number of nitrogens with one attached hydrogen (secondary N) is 1. The van der Waals surface area contributed by atoms with Crippen molar-refractivity contribution in [3.05, 3.63) is 59.7 Å². The molecule has 1 fully saturated rings. The van der Waals surface area contributed by atoms with Crippen LogP contribution < -0.4 is 5.32 Å². The number of fused-ring (bicyclic) bond motifs is 4. The monoisotopic (exact) mass is 395 g/mol. The molecule has 5 nitrogen and oxygen atoms in total.